The molecule has 2 aliphatic rings. The van der Waals surface area contributed by atoms with Gasteiger partial charge < -0.3 is 4.90 Å². The lowest BCUT2D eigenvalue weighted by atomic mass is 10.1. The standard InChI is InChI=1S/C19H21FN2OS/c20-14-5-3-4-13(10-14)19-21-15(12-24-19)11-18(23)22(17-8-9-17)16-6-1-2-7-16/h3-5,10,12,16-17H,1-2,6-9,11H2. The topological polar surface area (TPSA) is 33.2 Å². The lowest BCUT2D eigenvalue weighted by Crippen LogP contribution is -2.41. The average Bonchev–Trinajstić information content (AvgIpc) is 3.06. The third-order valence-electron chi connectivity index (χ3n) is 4.90. The predicted molar refractivity (Wildman–Crippen MR) is 93.3 cm³/mol. The van der Waals surface area contributed by atoms with Gasteiger partial charge in [-0.05, 0) is 37.8 Å². The number of hydrogen-bond donors (Lipinski definition) is 0. The molecule has 24 heavy (non-hydrogen) atoms. The average molecular weight is 344 g/mol. The van der Waals surface area contributed by atoms with E-state index in [-0.39, 0.29) is 11.7 Å². The third-order valence-corrected chi connectivity index (χ3v) is 5.84. The molecule has 0 aliphatic heterocycles. The van der Waals surface area contributed by atoms with Crippen LogP contribution >= 0.6 is 11.3 Å². The highest BCUT2D eigenvalue weighted by Crippen LogP contribution is 2.35. The number of carbonyl (C=O) groups excluding carboxylic acids is 1. The van der Waals surface area contributed by atoms with Crippen molar-refractivity contribution in [3.05, 3.63) is 41.2 Å². The van der Waals surface area contributed by atoms with Gasteiger partial charge in [0.2, 0.25) is 5.91 Å². The summed E-state index contributed by atoms with van der Waals surface area (Å²) in [5.41, 5.74) is 1.57. The summed E-state index contributed by atoms with van der Waals surface area (Å²) in [6, 6.07) is 7.35. The maximum atomic E-state index is 13.4. The van der Waals surface area contributed by atoms with Gasteiger partial charge in [0, 0.05) is 23.0 Å². The molecule has 4 rings (SSSR count). The smallest absolute Gasteiger partial charge is 0.229 e. The monoisotopic (exact) mass is 344 g/mol. The Balaban J connectivity index is 1.47. The van der Waals surface area contributed by atoms with E-state index in [4.69, 9.17) is 0 Å². The summed E-state index contributed by atoms with van der Waals surface area (Å²) < 4.78 is 13.4. The zero-order chi connectivity index (χ0) is 16.5. The summed E-state index contributed by atoms with van der Waals surface area (Å²) in [4.78, 5) is 19.5. The third kappa shape index (κ3) is 3.36. The van der Waals surface area contributed by atoms with Gasteiger partial charge in [-0.1, -0.05) is 25.0 Å². The van der Waals surface area contributed by atoms with Crippen molar-refractivity contribution in [1.82, 2.24) is 9.88 Å². The second-order valence-corrected chi connectivity index (χ2v) is 7.66. The fourth-order valence-corrected chi connectivity index (χ4v) is 4.45. The highest BCUT2D eigenvalue weighted by Gasteiger charge is 2.38. The number of halogens is 1. The number of rotatable bonds is 5. The minimum atomic E-state index is -0.263. The minimum absolute atomic E-state index is 0.209. The quantitative estimate of drug-likeness (QED) is 0.804. The number of amides is 1. The van der Waals surface area contributed by atoms with Gasteiger partial charge in [-0.3, -0.25) is 4.79 Å². The number of carbonyl (C=O) groups is 1. The van der Waals surface area contributed by atoms with E-state index in [1.54, 1.807) is 6.07 Å². The first-order valence-electron chi connectivity index (χ1n) is 8.72. The number of aromatic nitrogens is 1. The van der Waals surface area contributed by atoms with Crippen LogP contribution in [0, 0.1) is 5.82 Å². The fourth-order valence-electron chi connectivity index (χ4n) is 3.63. The molecule has 1 heterocycles. The van der Waals surface area contributed by atoms with Crippen LogP contribution in [0.25, 0.3) is 10.6 Å². The lowest BCUT2D eigenvalue weighted by molar-refractivity contribution is -0.133. The van der Waals surface area contributed by atoms with Crippen LogP contribution in [-0.2, 0) is 11.2 Å². The molecule has 2 fully saturated rings. The van der Waals surface area contributed by atoms with Gasteiger partial charge in [0.15, 0.2) is 0 Å². The summed E-state index contributed by atoms with van der Waals surface area (Å²) in [5, 5.41) is 2.70. The summed E-state index contributed by atoms with van der Waals surface area (Å²) in [5.74, 6) is -0.0537. The fraction of sp³-hybridized carbons (Fsp3) is 0.474. The van der Waals surface area contributed by atoms with Crippen LogP contribution in [-0.4, -0.2) is 27.9 Å². The van der Waals surface area contributed by atoms with E-state index in [9.17, 15) is 9.18 Å². The van der Waals surface area contributed by atoms with E-state index in [0.717, 1.165) is 41.9 Å². The molecule has 1 aromatic heterocycles. The molecule has 3 nitrogen and oxygen atoms in total. The first-order valence-corrected chi connectivity index (χ1v) is 9.60. The van der Waals surface area contributed by atoms with Crippen LogP contribution in [0.15, 0.2) is 29.6 Å². The van der Waals surface area contributed by atoms with Gasteiger partial charge in [0.1, 0.15) is 10.8 Å². The number of benzene rings is 1. The Morgan fingerprint density at radius 2 is 1.96 bits per heavy atom. The molecule has 0 N–H and O–H groups in total. The van der Waals surface area contributed by atoms with E-state index < -0.39 is 0 Å². The Bertz CT molecular complexity index is 734. The summed E-state index contributed by atoms with van der Waals surface area (Å²) in [6.07, 6.45) is 7.42. The highest BCUT2D eigenvalue weighted by atomic mass is 32.1. The SMILES string of the molecule is O=C(Cc1csc(-c2cccc(F)c2)n1)N(C1CCCC1)C1CC1. The molecule has 1 aromatic carbocycles. The molecule has 0 unspecified atom stereocenters. The molecule has 0 atom stereocenters. The van der Waals surface area contributed by atoms with Crippen molar-refractivity contribution in [1.29, 1.82) is 0 Å². The van der Waals surface area contributed by atoms with Crippen LogP contribution in [0.3, 0.4) is 0 Å². The second kappa shape index (κ2) is 6.63. The Morgan fingerprint density at radius 3 is 2.67 bits per heavy atom. The first-order chi connectivity index (χ1) is 11.7. The maximum absolute atomic E-state index is 13.4. The number of nitrogens with zero attached hydrogens (tertiary/aromatic N) is 2. The van der Waals surface area contributed by atoms with E-state index in [1.807, 2.05) is 11.4 Å². The van der Waals surface area contributed by atoms with Crippen LogP contribution in [0.4, 0.5) is 4.39 Å². The van der Waals surface area contributed by atoms with E-state index in [0.29, 0.717) is 18.5 Å². The molecule has 0 saturated heterocycles. The van der Waals surface area contributed by atoms with Crippen LogP contribution in [0.1, 0.15) is 44.2 Å². The molecule has 126 valence electrons. The van der Waals surface area contributed by atoms with Crippen molar-refractivity contribution in [2.75, 3.05) is 0 Å². The van der Waals surface area contributed by atoms with Gasteiger partial charge in [-0.25, -0.2) is 9.37 Å². The van der Waals surface area contributed by atoms with Crippen molar-refractivity contribution < 1.29 is 9.18 Å². The Morgan fingerprint density at radius 1 is 1.21 bits per heavy atom. The maximum Gasteiger partial charge on any atom is 0.229 e. The second-order valence-electron chi connectivity index (χ2n) is 6.80. The van der Waals surface area contributed by atoms with Gasteiger partial charge in [0.05, 0.1) is 12.1 Å². The highest BCUT2D eigenvalue weighted by molar-refractivity contribution is 7.13. The van der Waals surface area contributed by atoms with E-state index >= 15 is 0 Å². The van der Waals surface area contributed by atoms with Crippen molar-refractivity contribution in [2.24, 2.45) is 0 Å². The van der Waals surface area contributed by atoms with Crippen LogP contribution < -0.4 is 0 Å². The van der Waals surface area contributed by atoms with Crippen LogP contribution in [0.5, 0.6) is 0 Å². The normalized spacial score (nSPS) is 18.0. The molecule has 2 aliphatic carbocycles. The molecular formula is C19H21FN2OS. The largest absolute Gasteiger partial charge is 0.336 e. The molecule has 1 amide bonds. The molecule has 0 spiro atoms. The molecule has 0 radical (unpaired) electrons. The lowest BCUT2D eigenvalue weighted by Gasteiger charge is -2.29. The number of hydrogen-bond acceptors (Lipinski definition) is 3. The van der Waals surface area contributed by atoms with Gasteiger partial charge in [-0.15, -0.1) is 11.3 Å². The minimum Gasteiger partial charge on any atom is -0.336 e. The Labute approximate surface area is 145 Å². The van der Waals surface area contributed by atoms with Crippen molar-refractivity contribution in [3.8, 4) is 10.6 Å². The molecular weight excluding hydrogens is 323 g/mol. The van der Waals surface area contributed by atoms with Gasteiger partial charge >= 0.3 is 0 Å². The first kappa shape index (κ1) is 15.8. The van der Waals surface area contributed by atoms with E-state index in [2.05, 4.69) is 9.88 Å². The van der Waals surface area contributed by atoms with Crippen LogP contribution in [0.2, 0.25) is 0 Å². The van der Waals surface area contributed by atoms with Gasteiger partial charge in [0.25, 0.3) is 0 Å². The zero-order valence-electron chi connectivity index (χ0n) is 13.6. The molecule has 0 bridgehead atoms. The number of thiazole rings is 1. The van der Waals surface area contributed by atoms with Crippen molar-refractivity contribution in [2.45, 2.75) is 57.0 Å². The Kier molecular flexibility index (Phi) is 4.35. The van der Waals surface area contributed by atoms with E-state index in [1.165, 1.54) is 36.3 Å². The van der Waals surface area contributed by atoms with Crippen molar-refractivity contribution >= 4 is 17.2 Å². The zero-order valence-corrected chi connectivity index (χ0v) is 14.4. The molecule has 2 aromatic rings. The van der Waals surface area contributed by atoms with Gasteiger partial charge in [-0.2, -0.15) is 0 Å². The Hall–Kier alpha value is -1.75. The predicted octanol–water partition coefficient (Wildman–Crippen LogP) is 4.43. The van der Waals surface area contributed by atoms with Crippen molar-refractivity contribution in [3.63, 3.8) is 0 Å². The molecule has 2 saturated carbocycles. The summed E-state index contributed by atoms with van der Waals surface area (Å²) >= 11 is 1.47. The summed E-state index contributed by atoms with van der Waals surface area (Å²) in [6.45, 7) is 0. The molecule has 5 heteroatoms. The summed E-state index contributed by atoms with van der Waals surface area (Å²) in [7, 11) is 0.